The quantitative estimate of drug-likeness (QED) is 0.763. The zero-order valence-electron chi connectivity index (χ0n) is 15.6. The molecule has 7 nitrogen and oxygen atoms in total. The summed E-state index contributed by atoms with van der Waals surface area (Å²) in [6, 6.07) is 7.67. The van der Waals surface area contributed by atoms with E-state index in [1.165, 1.54) is 4.31 Å². The van der Waals surface area contributed by atoms with Gasteiger partial charge < -0.3 is 9.84 Å². The lowest BCUT2D eigenvalue weighted by Crippen LogP contribution is -2.41. The molecule has 1 saturated heterocycles. The molecule has 1 N–H and O–H groups in total. The van der Waals surface area contributed by atoms with Crippen molar-refractivity contribution in [3.8, 4) is 0 Å². The lowest BCUT2D eigenvalue weighted by atomic mass is 9.97. The van der Waals surface area contributed by atoms with Crippen LogP contribution in [0.15, 0.2) is 38.6 Å². The number of nitrogens with zero attached hydrogens (tertiary/aromatic N) is 2. The first-order valence-electron chi connectivity index (χ1n) is 8.71. The van der Waals surface area contributed by atoms with Crippen LogP contribution in [-0.4, -0.2) is 43.1 Å². The monoisotopic (exact) mass is 409 g/mol. The Morgan fingerprint density at radius 1 is 1.22 bits per heavy atom. The van der Waals surface area contributed by atoms with Gasteiger partial charge in [0.2, 0.25) is 15.9 Å². The van der Waals surface area contributed by atoms with Gasteiger partial charge in [-0.05, 0) is 57.2 Å². The van der Waals surface area contributed by atoms with Crippen molar-refractivity contribution in [2.75, 3.05) is 24.7 Å². The normalized spacial score (nSPS) is 16.4. The summed E-state index contributed by atoms with van der Waals surface area (Å²) >= 11 is 1.64. The van der Waals surface area contributed by atoms with Crippen LogP contribution in [0, 0.1) is 19.8 Å². The topological polar surface area (TPSA) is 92.5 Å². The molecule has 27 heavy (non-hydrogen) atoms. The molecule has 0 spiro atoms. The maximum Gasteiger partial charge on any atom is 0.248 e. The molecule has 3 rings (SSSR count). The van der Waals surface area contributed by atoms with E-state index in [0.717, 1.165) is 10.6 Å². The number of hydrogen-bond donors (Lipinski definition) is 1. The van der Waals surface area contributed by atoms with Crippen molar-refractivity contribution in [3.05, 3.63) is 35.7 Å². The molecule has 0 atom stereocenters. The minimum absolute atomic E-state index is 0.0683. The maximum atomic E-state index is 12.8. The molecule has 0 unspecified atom stereocenters. The van der Waals surface area contributed by atoms with Crippen LogP contribution in [0.25, 0.3) is 0 Å². The number of hydrogen-bond acceptors (Lipinski definition) is 6. The number of amides is 1. The number of thioether (sulfide) groups is 1. The molecular weight excluding hydrogens is 386 g/mol. The summed E-state index contributed by atoms with van der Waals surface area (Å²) in [4.78, 5) is 13.8. The highest BCUT2D eigenvalue weighted by molar-refractivity contribution is 7.98. The second kappa shape index (κ2) is 8.04. The van der Waals surface area contributed by atoms with Gasteiger partial charge in [-0.15, -0.1) is 11.8 Å². The van der Waals surface area contributed by atoms with E-state index in [0.29, 0.717) is 37.4 Å². The number of carbonyl (C=O) groups excluding carboxylic acids is 1. The largest absolute Gasteiger partial charge is 0.360 e. The molecule has 1 aliphatic rings. The SMILES string of the molecule is CSc1ccc(NC(=O)C2CCN(S(=O)(=O)c3c(C)noc3C)CC2)cc1. The van der Waals surface area contributed by atoms with Gasteiger partial charge in [0.25, 0.3) is 0 Å². The van der Waals surface area contributed by atoms with Crippen molar-refractivity contribution < 1.29 is 17.7 Å². The Hall–Kier alpha value is -1.84. The third kappa shape index (κ3) is 4.20. The smallest absolute Gasteiger partial charge is 0.248 e. The average molecular weight is 410 g/mol. The first-order valence-corrected chi connectivity index (χ1v) is 11.4. The predicted molar refractivity (Wildman–Crippen MR) is 104 cm³/mol. The summed E-state index contributed by atoms with van der Waals surface area (Å²) in [5.41, 5.74) is 1.12. The zero-order chi connectivity index (χ0) is 19.6. The molecule has 9 heteroatoms. The van der Waals surface area contributed by atoms with Crippen molar-refractivity contribution in [2.24, 2.45) is 5.92 Å². The summed E-state index contributed by atoms with van der Waals surface area (Å²) in [5, 5.41) is 6.65. The van der Waals surface area contributed by atoms with E-state index < -0.39 is 10.0 Å². The Morgan fingerprint density at radius 2 is 1.85 bits per heavy atom. The maximum absolute atomic E-state index is 12.8. The Balaban J connectivity index is 1.62. The molecular formula is C18H23N3O4S2. The van der Waals surface area contributed by atoms with Crippen LogP contribution in [-0.2, 0) is 14.8 Å². The summed E-state index contributed by atoms with van der Waals surface area (Å²) in [6.07, 6.45) is 2.96. The van der Waals surface area contributed by atoms with Crippen LogP contribution in [0.5, 0.6) is 0 Å². The second-order valence-corrected chi connectivity index (χ2v) is 9.30. The Morgan fingerprint density at radius 3 is 2.37 bits per heavy atom. The molecule has 146 valence electrons. The number of benzene rings is 1. The lowest BCUT2D eigenvalue weighted by Gasteiger charge is -2.30. The molecule has 0 bridgehead atoms. The van der Waals surface area contributed by atoms with Crippen molar-refractivity contribution >= 4 is 33.4 Å². The van der Waals surface area contributed by atoms with Gasteiger partial charge in [-0.1, -0.05) is 5.16 Å². The molecule has 1 amide bonds. The van der Waals surface area contributed by atoms with Crippen LogP contribution in [0.2, 0.25) is 0 Å². The summed E-state index contributed by atoms with van der Waals surface area (Å²) in [5.74, 6) is 0.0173. The zero-order valence-corrected chi connectivity index (χ0v) is 17.2. The van der Waals surface area contributed by atoms with Gasteiger partial charge in [0.15, 0.2) is 5.76 Å². The number of nitrogens with one attached hydrogen (secondary N) is 1. The number of aryl methyl sites for hydroxylation is 2. The number of aromatic nitrogens is 1. The number of carbonyl (C=O) groups is 1. The fourth-order valence-electron chi connectivity index (χ4n) is 3.25. The van der Waals surface area contributed by atoms with Crippen molar-refractivity contribution in [3.63, 3.8) is 0 Å². The first kappa shape index (κ1) is 19.9. The minimum Gasteiger partial charge on any atom is -0.360 e. The molecule has 1 fully saturated rings. The molecule has 1 aromatic carbocycles. The van der Waals surface area contributed by atoms with E-state index in [1.54, 1.807) is 25.6 Å². The lowest BCUT2D eigenvalue weighted by molar-refractivity contribution is -0.120. The standard InChI is InChI=1S/C18H23N3O4S2/c1-12-17(13(2)25-20-12)27(23,24)21-10-8-14(9-11-21)18(22)19-15-4-6-16(26-3)7-5-15/h4-7,14H,8-11H2,1-3H3,(H,19,22). The molecule has 2 aromatic rings. The molecule has 0 radical (unpaired) electrons. The summed E-state index contributed by atoms with van der Waals surface area (Å²) in [7, 11) is -3.65. The van der Waals surface area contributed by atoms with Crippen LogP contribution >= 0.6 is 11.8 Å². The molecule has 2 heterocycles. The van der Waals surface area contributed by atoms with E-state index in [9.17, 15) is 13.2 Å². The van der Waals surface area contributed by atoms with Crippen molar-refractivity contribution in [1.29, 1.82) is 0 Å². The van der Waals surface area contributed by atoms with Gasteiger partial charge in [0.05, 0.1) is 0 Å². The number of sulfonamides is 1. The van der Waals surface area contributed by atoms with Gasteiger partial charge in [-0.3, -0.25) is 4.79 Å². The number of rotatable bonds is 5. The van der Waals surface area contributed by atoms with Gasteiger partial charge in [-0.2, -0.15) is 4.31 Å². The Kier molecular flexibility index (Phi) is 5.92. The Bertz CT molecular complexity index is 895. The van der Waals surface area contributed by atoms with E-state index in [4.69, 9.17) is 4.52 Å². The van der Waals surface area contributed by atoms with Crippen molar-refractivity contribution in [1.82, 2.24) is 9.46 Å². The average Bonchev–Trinajstić information content (AvgIpc) is 3.01. The highest BCUT2D eigenvalue weighted by atomic mass is 32.2. The van der Waals surface area contributed by atoms with Gasteiger partial charge >= 0.3 is 0 Å². The minimum atomic E-state index is -3.65. The van der Waals surface area contributed by atoms with Crippen LogP contribution in [0.1, 0.15) is 24.3 Å². The highest BCUT2D eigenvalue weighted by Gasteiger charge is 2.35. The first-order chi connectivity index (χ1) is 12.8. The Labute approximate surface area is 163 Å². The second-order valence-electron chi connectivity index (χ2n) is 6.55. The van der Waals surface area contributed by atoms with Gasteiger partial charge in [-0.25, -0.2) is 8.42 Å². The fraction of sp³-hybridized carbons (Fsp3) is 0.444. The fourth-order valence-corrected chi connectivity index (χ4v) is 5.42. The molecule has 1 aromatic heterocycles. The van der Waals surface area contributed by atoms with E-state index in [1.807, 2.05) is 30.5 Å². The molecule has 1 aliphatic heterocycles. The van der Waals surface area contributed by atoms with Gasteiger partial charge in [0.1, 0.15) is 10.6 Å². The van der Waals surface area contributed by atoms with E-state index >= 15 is 0 Å². The van der Waals surface area contributed by atoms with Crippen LogP contribution in [0.4, 0.5) is 5.69 Å². The molecule has 0 saturated carbocycles. The highest BCUT2D eigenvalue weighted by Crippen LogP contribution is 2.28. The number of piperidine rings is 1. The van der Waals surface area contributed by atoms with E-state index in [-0.39, 0.29) is 16.7 Å². The van der Waals surface area contributed by atoms with E-state index in [2.05, 4.69) is 10.5 Å². The summed E-state index contributed by atoms with van der Waals surface area (Å²) in [6.45, 7) is 3.81. The van der Waals surface area contributed by atoms with Crippen LogP contribution in [0.3, 0.4) is 0 Å². The third-order valence-electron chi connectivity index (χ3n) is 4.75. The predicted octanol–water partition coefficient (Wildman–Crippen LogP) is 3.05. The van der Waals surface area contributed by atoms with Crippen LogP contribution < -0.4 is 5.32 Å². The van der Waals surface area contributed by atoms with Crippen molar-refractivity contribution in [2.45, 2.75) is 36.5 Å². The van der Waals surface area contributed by atoms with Gasteiger partial charge in [0, 0.05) is 29.6 Å². The third-order valence-corrected chi connectivity index (χ3v) is 7.64. The molecule has 0 aliphatic carbocycles. The number of anilines is 1. The summed E-state index contributed by atoms with van der Waals surface area (Å²) < 4.78 is 32.1.